The molecule has 2 rings (SSSR count). The summed E-state index contributed by atoms with van der Waals surface area (Å²) in [5.41, 5.74) is 0. The van der Waals surface area contributed by atoms with E-state index in [9.17, 15) is 4.39 Å². The molecule has 15 heavy (non-hydrogen) atoms. The Hall–Kier alpha value is -0.900. The first-order valence-electron chi connectivity index (χ1n) is 5.08. The number of alkyl halides is 1. The van der Waals surface area contributed by atoms with E-state index >= 15 is 0 Å². The topological polar surface area (TPSA) is 29.0 Å². The third kappa shape index (κ3) is 2.56. The molecule has 0 aliphatic carbocycles. The van der Waals surface area contributed by atoms with Gasteiger partial charge < -0.3 is 4.90 Å². The monoisotopic (exact) mass is 229 g/mol. The van der Waals surface area contributed by atoms with Crippen molar-refractivity contribution >= 4 is 17.5 Å². The maximum absolute atomic E-state index is 12.6. The predicted octanol–water partition coefficient (Wildman–Crippen LogP) is 2.07. The maximum atomic E-state index is 12.6. The molecule has 0 unspecified atom stereocenters. The molecular weight excluding hydrogens is 217 g/mol. The molecule has 0 aromatic carbocycles. The molecular formula is C10H13ClFN3. The number of anilines is 1. The molecule has 1 aromatic heterocycles. The van der Waals surface area contributed by atoms with Gasteiger partial charge in [0.25, 0.3) is 0 Å². The van der Waals surface area contributed by atoms with Gasteiger partial charge in [0.15, 0.2) is 5.82 Å². The van der Waals surface area contributed by atoms with Gasteiger partial charge in [-0.15, -0.1) is 11.6 Å². The van der Waals surface area contributed by atoms with Crippen LogP contribution in [0.1, 0.15) is 12.8 Å². The lowest BCUT2D eigenvalue weighted by atomic mass is 9.99. The van der Waals surface area contributed by atoms with Crippen molar-refractivity contribution in [2.24, 2.45) is 5.92 Å². The Morgan fingerprint density at radius 1 is 1.33 bits per heavy atom. The van der Waals surface area contributed by atoms with Crippen molar-refractivity contribution in [2.45, 2.75) is 12.8 Å². The maximum Gasteiger partial charge on any atom is 0.225 e. The molecule has 0 N–H and O–H groups in total. The van der Waals surface area contributed by atoms with Crippen LogP contribution in [0.3, 0.4) is 0 Å². The van der Waals surface area contributed by atoms with Crippen molar-refractivity contribution in [3.05, 3.63) is 18.2 Å². The summed E-state index contributed by atoms with van der Waals surface area (Å²) in [5.74, 6) is 1.54. The van der Waals surface area contributed by atoms with Crippen LogP contribution in [-0.2, 0) is 0 Å². The Balaban J connectivity index is 1.98. The molecule has 0 saturated carbocycles. The van der Waals surface area contributed by atoms with Crippen molar-refractivity contribution in [1.29, 1.82) is 0 Å². The van der Waals surface area contributed by atoms with Crippen LogP contribution in [0.5, 0.6) is 0 Å². The van der Waals surface area contributed by atoms with Gasteiger partial charge in [-0.1, -0.05) is 0 Å². The lowest BCUT2D eigenvalue weighted by Crippen LogP contribution is -2.35. The van der Waals surface area contributed by atoms with E-state index in [1.54, 1.807) is 0 Å². The number of hydrogen-bond acceptors (Lipinski definition) is 3. The van der Waals surface area contributed by atoms with Crippen LogP contribution in [0.25, 0.3) is 0 Å². The van der Waals surface area contributed by atoms with Gasteiger partial charge in [-0.3, -0.25) is 0 Å². The molecule has 1 saturated heterocycles. The molecule has 82 valence electrons. The van der Waals surface area contributed by atoms with E-state index in [4.69, 9.17) is 11.6 Å². The summed E-state index contributed by atoms with van der Waals surface area (Å²) in [6, 6.07) is 0. The van der Waals surface area contributed by atoms with Crippen LogP contribution in [0.2, 0.25) is 0 Å². The Morgan fingerprint density at radius 2 is 1.93 bits per heavy atom. The molecule has 1 aromatic rings. The van der Waals surface area contributed by atoms with Crippen LogP contribution < -0.4 is 4.90 Å². The largest absolute Gasteiger partial charge is 0.341 e. The van der Waals surface area contributed by atoms with Crippen molar-refractivity contribution in [3.8, 4) is 0 Å². The number of halogens is 2. The van der Waals surface area contributed by atoms with Crippen molar-refractivity contribution in [3.63, 3.8) is 0 Å². The summed E-state index contributed by atoms with van der Waals surface area (Å²) in [6.07, 6.45) is 4.53. The zero-order valence-electron chi connectivity index (χ0n) is 8.37. The SMILES string of the molecule is Fc1cnc(N2CCC(CCl)CC2)nc1. The smallest absolute Gasteiger partial charge is 0.225 e. The predicted molar refractivity (Wildman–Crippen MR) is 57.6 cm³/mol. The molecule has 2 heterocycles. The van der Waals surface area contributed by atoms with Crippen LogP contribution >= 0.6 is 11.6 Å². The first-order chi connectivity index (χ1) is 7.29. The Bertz CT molecular complexity index is 309. The number of rotatable bonds is 2. The van der Waals surface area contributed by atoms with Gasteiger partial charge in [0.1, 0.15) is 0 Å². The molecule has 5 heteroatoms. The summed E-state index contributed by atoms with van der Waals surface area (Å²) < 4.78 is 12.6. The first-order valence-corrected chi connectivity index (χ1v) is 5.61. The average Bonchev–Trinajstić information content (AvgIpc) is 2.30. The summed E-state index contributed by atoms with van der Waals surface area (Å²) in [6.45, 7) is 1.81. The lowest BCUT2D eigenvalue weighted by Gasteiger charge is -2.30. The van der Waals surface area contributed by atoms with Crippen LogP contribution in [0.4, 0.5) is 10.3 Å². The number of hydrogen-bond donors (Lipinski definition) is 0. The summed E-state index contributed by atoms with van der Waals surface area (Å²) in [4.78, 5) is 9.99. The fraction of sp³-hybridized carbons (Fsp3) is 0.600. The molecule has 0 atom stereocenters. The molecule has 1 aliphatic heterocycles. The number of nitrogens with zero attached hydrogens (tertiary/aromatic N) is 3. The highest BCUT2D eigenvalue weighted by Crippen LogP contribution is 2.20. The lowest BCUT2D eigenvalue weighted by molar-refractivity contribution is 0.438. The molecule has 1 fully saturated rings. The molecule has 0 spiro atoms. The normalized spacial score (nSPS) is 18.1. The Morgan fingerprint density at radius 3 is 2.47 bits per heavy atom. The van der Waals surface area contributed by atoms with E-state index in [0.717, 1.165) is 31.8 Å². The van der Waals surface area contributed by atoms with E-state index in [-0.39, 0.29) is 0 Å². The summed E-state index contributed by atoms with van der Waals surface area (Å²) in [7, 11) is 0. The minimum absolute atomic E-state index is 0.394. The summed E-state index contributed by atoms with van der Waals surface area (Å²) in [5, 5.41) is 0. The van der Waals surface area contributed by atoms with E-state index < -0.39 is 5.82 Å². The molecule has 0 radical (unpaired) electrons. The van der Waals surface area contributed by atoms with E-state index in [1.807, 2.05) is 0 Å². The van der Waals surface area contributed by atoms with Crippen molar-refractivity contribution < 1.29 is 4.39 Å². The standard InChI is InChI=1S/C10H13ClFN3/c11-5-8-1-3-15(4-2-8)10-13-6-9(12)7-14-10/h6-8H,1-5H2. The van der Waals surface area contributed by atoms with Gasteiger partial charge in [0.05, 0.1) is 12.4 Å². The second-order valence-corrected chi connectivity index (χ2v) is 4.09. The van der Waals surface area contributed by atoms with Crippen LogP contribution in [0.15, 0.2) is 12.4 Å². The average molecular weight is 230 g/mol. The van der Waals surface area contributed by atoms with Crippen molar-refractivity contribution in [1.82, 2.24) is 9.97 Å². The van der Waals surface area contributed by atoms with E-state index in [0.29, 0.717) is 11.9 Å². The summed E-state index contributed by atoms with van der Waals surface area (Å²) >= 11 is 5.80. The highest BCUT2D eigenvalue weighted by molar-refractivity contribution is 6.18. The number of aromatic nitrogens is 2. The van der Waals surface area contributed by atoms with Gasteiger partial charge in [0.2, 0.25) is 5.95 Å². The molecule has 0 bridgehead atoms. The highest BCUT2D eigenvalue weighted by atomic mass is 35.5. The third-order valence-corrected chi connectivity index (χ3v) is 3.16. The van der Waals surface area contributed by atoms with Gasteiger partial charge in [-0.2, -0.15) is 0 Å². The van der Waals surface area contributed by atoms with Gasteiger partial charge in [0, 0.05) is 19.0 Å². The molecule has 1 aliphatic rings. The Labute approximate surface area is 93.3 Å². The van der Waals surface area contributed by atoms with Gasteiger partial charge in [-0.05, 0) is 18.8 Å². The van der Waals surface area contributed by atoms with Crippen LogP contribution in [-0.4, -0.2) is 28.9 Å². The molecule has 0 amide bonds. The van der Waals surface area contributed by atoms with Gasteiger partial charge in [-0.25, -0.2) is 14.4 Å². The second kappa shape index (κ2) is 4.75. The minimum atomic E-state index is -0.394. The quantitative estimate of drug-likeness (QED) is 0.727. The second-order valence-electron chi connectivity index (χ2n) is 3.79. The fourth-order valence-corrected chi connectivity index (χ4v) is 2.06. The van der Waals surface area contributed by atoms with E-state index in [1.165, 1.54) is 12.4 Å². The van der Waals surface area contributed by atoms with Gasteiger partial charge >= 0.3 is 0 Å². The van der Waals surface area contributed by atoms with E-state index in [2.05, 4.69) is 14.9 Å². The minimum Gasteiger partial charge on any atom is -0.341 e. The highest BCUT2D eigenvalue weighted by Gasteiger charge is 2.19. The Kier molecular flexibility index (Phi) is 3.36. The third-order valence-electron chi connectivity index (χ3n) is 2.72. The first kappa shape index (κ1) is 10.6. The van der Waals surface area contributed by atoms with Crippen molar-refractivity contribution in [2.75, 3.05) is 23.9 Å². The number of piperidine rings is 1. The molecule has 3 nitrogen and oxygen atoms in total. The zero-order valence-corrected chi connectivity index (χ0v) is 9.12. The van der Waals surface area contributed by atoms with Crippen LogP contribution in [0, 0.1) is 11.7 Å². The fourth-order valence-electron chi connectivity index (χ4n) is 1.76. The zero-order chi connectivity index (χ0) is 10.7.